The zero-order valence-electron chi connectivity index (χ0n) is 9.96. The first-order chi connectivity index (χ1) is 9.20. The average molecular weight is 280 g/mol. The number of nitrogens with two attached hydrogens (primary N) is 1. The Morgan fingerprint density at radius 3 is 2.95 bits per heavy atom. The molecule has 3 rings (SSSR count). The number of H-pyrrole nitrogens is 1. The summed E-state index contributed by atoms with van der Waals surface area (Å²) in [5, 5.41) is 20.0. The van der Waals surface area contributed by atoms with Crippen LogP contribution in [0.2, 0.25) is 5.15 Å². The molecule has 0 aromatic carbocycles. The van der Waals surface area contributed by atoms with Crippen molar-refractivity contribution in [3.8, 4) is 5.82 Å². The molecule has 0 aliphatic heterocycles. The molecule has 0 atom stereocenters. The Morgan fingerprint density at radius 2 is 2.26 bits per heavy atom. The Morgan fingerprint density at radius 1 is 1.42 bits per heavy atom. The third-order valence-electron chi connectivity index (χ3n) is 2.60. The van der Waals surface area contributed by atoms with Gasteiger partial charge in [-0.15, -0.1) is 10.2 Å². The van der Waals surface area contributed by atoms with Crippen molar-refractivity contribution in [2.45, 2.75) is 6.61 Å². The lowest BCUT2D eigenvalue weighted by molar-refractivity contribution is 0.182. The molecule has 0 radical (unpaired) electrons. The molecule has 0 saturated carbocycles. The fraction of sp³-hybridized carbons (Fsp3) is 0.200. The summed E-state index contributed by atoms with van der Waals surface area (Å²) in [6.45, 7) is 0.328. The molecular weight excluding hydrogens is 270 g/mol. The predicted molar refractivity (Wildman–Crippen MR) is 68.9 cm³/mol. The number of nitrogen functional groups attached to an aromatic ring is 1. The van der Waals surface area contributed by atoms with E-state index in [1.165, 1.54) is 0 Å². The molecule has 8 nitrogen and oxygen atoms in total. The number of aromatic nitrogens is 6. The third-order valence-corrected chi connectivity index (χ3v) is 2.80. The van der Waals surface area contributed by atoms with E-state index < -0.39 is 0 Å². The van der Waals surface area contributed by atoms with Crippen molar-refractivity contribution in [3.05, 3.63) is 23.0 Å². The molecule has 0 amide bonds. The monoisotopic (exact) mass is 279 g/mol. The quantitative estimate of drug-likeness (QED) is 0.738. The number of hydrogen-bond donors (Lipinski definition) is 2. The summed E-state index contributed by atoms with van der Waals surface area (Å²) in [5.41, 5.74) is 7.09. The number of nitrogens with one attached hydrogen (secondary N) is 1. The Kier molecular flexibility index (Phi) is 2.80. The van der Waals surface area contributed by atoms with E-state index in [0.29, 0.717) is 34.7 Å². The largest absolute Gasteiger partial charge is 0.383 e. The van der Waals surface area contributed by atoms with Gasteiger partial charge in [0.05, 0.1) is 12.0 Å². The number of anilines is 1. The molecule has 19 heavy (non-hydrogen) atoms. The van der Waals surface area contributed by atoms with Crippen LogP contribution >= 0.6 is 11.6 Å². The van der Waals surface area contributed by atoms with Gasteiger partial charge in [0.2, 0.25) is 0 Å². The highest BCUT2D eigenvalue weighted by atomic mass is 35.5. The molecule has 3 heterocycles. The van der Waals surface area contributed by atoms with Gasteiger partial charge in [0, 0.05) is 7.11 Å². The number of halogens is 1. The maximum absolute atomic E-state index is 5.84. The molecule has 9 heteroatoms. The van der Waals surface area contributed by atoms with Crippen LogP contribution < -0.4 is 5.73 Å². The molecule has 3 N–H and O–H groups in total. The Hall–Kier alpha value is -2.19. The molecule has 3 aromatic rings. The van der Waals surface area contributed by atoms with E-state index in [1.807, 2.05) is 0 Å². The van der Waals surface area contributed by atoms with Crippen LogP contribution in [0.1, 0.15) is 5.69 Å². The van der Waals surface area contributed by atoms with Gasteiger partial charge in [0.25, 0.3) is 0 Å². The highest BCUT2D eigenvalue weighted by Gasteiger charge is 2.18. The van der Waals surface area contributed by atoms with Crippen molar-refractivity contribution < 1.29 is 4.74 Å². The second-order valence-electron chi connectivity index (χ2n) is 3.84. The van der Waals surface area contributed by atoms with E-state index >= 15 is 0 Å². The Labute approximate surface area is 112 Å². The molecule has 0 unspecified atom stereocenters. The number of rotatable bonds is 3. The van der Waals surface area contributed by atoms with Gasteiger partial charge in [-0.05, 0) is 12.1 Å². The first-order valence-electron chi connectivity index (χ1n) is 5.40. The van der Waals surface area contributed by atoms with Gasteiger partial charge >= 0.3 is 0 Å². The Balaban J connectivity index is 2.21. The van der Waals surface area contributed by atoms with Crippen molar-refractivity contribution in [1.82, 2.24) is 30.2 Å². The van der Waals surface area contributed by atoms with Crippen molar-refractivity contribution in [3.63, 3.8) is 0 Å². The first-order valence-corrected chi connectivity index (χ1v) is 5.78. The molecule has 0 aliphatic carbocycles. The minimum Gasteiger partial charge on any atom is -0.383 e. The average Bonchev–Trinajstić information content (AvgIpc) is 2.94. The zero-order valence-corrected chi connectivity index (χ0v) is 10.7. The van der Waals surface area contributed by atoms with Crippen LogP contribution in [-0.2, 0) is 11.3 Å². The van der Waals surface area contributed by atoms with Gasteiger partial charge in [0.1, 0.15) is 11.5 Å². The van der Waals surface area contributed by atoms with Crippen LogP contribution in [0.25, 0.3) is 16.9 Å². The summed E-state index contributed by atoms with van der Waals surface area (Å²) < 4.78 is 6.64. The summed E-state index contributed by atoms with van der Waals surface area (Å²) in [6.07, 6.45) is 0. The zero-order chi connectivity index (χ0) is 13.4. The smallest absolute Gasteiger partial charge is 0.188 e. The SMILES string of the molecule is COCc1nn(-c2ccc(Cl)nn2)c2n[nH]c(N)c12. The summed E-state index contributed by atoms with van der Waals surface area (Å²) in [6, 6.07) is 3.33. The lowest BCUT2D eigenvalue weighted by Crippen LogP contribution is -2.02. The maximum Gasteiger partial charge on any atom is 0.188 e. The fourth-order valence-corrected chi connectivity index (χ4v) is 1.92. The number of hydrogen-bond acceptors (Lipinski definition) is 6. The molecule has 0 saturated heterocycles. The van der Waals surface area contributed by atoms with Crippen LogP contribution in [0.3, 0.4) is 0 Å². The molecule has 0 bridgehead atoms. The minimum atomic E-state index is 0.311. The molecule has 98 valence electrons. The first kappa shape index (κ1) is 11.9. The highest BCUT2D eigenvalue weighted by Crippen LogP contribution is 2.24. The summed E-state index contributed by atoms with van der Waals surface area (Å²) in [7, 11) is 1.59. The van der Waals surface area contributed by atoms with Crippen LogP contribution in [0.15, 0.2) is 12.1 Å². The number of nitrogens with zero attached hydrogens (tertiary/aromatic N) is 5. The van der Waals surface area contributed by atoms with Gasteiger partial charge in [-0.3, -0.25) is 5.10 Å². The van der Waals surface area contributed by atoms with Gasteiger partial charge in [-0.1, -0.05) is 11.6 Å². The van der Waals surface area contributed by atoms with Gasteiger partial charge in [0.15, 0.2) is 16.6 Å². The Bertz CT molecular complexity index is 717. The summed E-state index contributed by atoms with van der Waals surface area (Å²) in [4.78, 5) is 0. The van der Waals surface area contributed by atoms with E-state index in [4.69, 9.17) is 22.1 Å². The summed E-state index contributed by atoms with van der Waals surface area (Å²) in [5.74, 6) is 0.943. The van der Waals surface area contributed by atoms with Crippen LogP contribution in [0, 0.1) is 0 Å². The number of fused-ring (bicyclic) bond motifs is 1. The minimum absolute atomic E-state index is 0.311. The molecular formula is C10H10ClN7O. The topological polar surface area (TPSA) is 108 Å². The van der Waals surface area contributed by atoms with Gasteiger partial charge in [-0.25, -0.2) is 0 Å². The van der Waals surface area contributed by atoms with Gasteiger partial charge < -0.3 is 10.5 Å². The number of aromatic amines is 1. The van der Waals surface area contributed by atoms with E-state index in [9.17, 15) is 0 Å². The highest BCUT2D eigenvalue weighted by molar-refractivity contribution is 6.29. The third kappa shape index (κ3) is 1.90. The van der Waals surface area contributed by atoms with Crippen LogP contribution in [0.5, 0.6) is 0 Å². The standard InChI is InChI=1S/C10H10ClN7O/c1-19-4-5-8-9(12)15-16-10(8)18(17-5)7-3-2-6(11)13-14-7/h2-3H,4H2,1H3,(H3,12,15,16). The number of methoxy groups -OCH3 is 1. The maximum atomic E-state index is 5.84. The fourth-order valence-electron chi connectivity index (χ4n) is 1.82. The van der Waals surface area contributed by atoms with Crippen molar-refractivity contribution in [1.29, 1.82) is 0 Å². The van der Waals surface area contributed by atoms with Crippen LogP contribution in [-0.4, -0.2) is 37.3 Å². The van der Waals surface area contributed by atoms with E-state index in [0.717, 1.165) is 5.39 Å². The number of ether oxygens (including phenoxy) is 1. The van der Waals surface area contributed by atoms with Crippen molar-refractivity contribution in [2.75, 3.05) is 12.8 Å². The molecule has 3 aromatic heterocycles. The van der Waals surface area contributed by atoms with E-state index in [2.05, 4.69) is 25.5 Å². The molecule has 0 spiro atoms. The van der Waals surface area contributed by atoms with Crippen molar-refractivity contribution in [2.24, 2.45) is 0 Å². The van der Waals surface area contributed by atoms with Gasteiger partial charge in [-0.2, -0.15) is 14.9 Å². The van der Waals surface area contributed by atoms with Crippen LogP contribution in [0.4, 0.5) is 5.82 Å². The molecule has 0 fully saturated rings. The predicted octanol–water partition coefficient (Wildman–Crippen LogP) is 0.921. The van der Waals surface area contributed by atoms with E-state index in [1.54, 1.807) is 23.9 Å². The molecule has 0 aliphatic rings. The van der Waals surface area contributed by atoms with E-state index in [-0.39, 0.29) is 0 Å². The second kappa shape index (κ2) is 4.48. The normalized spacial score (nSPS) is 11.3. The van der Waals surface area contributed by atoms with Crippen molar-refractivity contribution >= 4 is 28.5 Å². The second-order valence-corrected chi connectivity index (χ2v) is 4.23. The lowest BCUT2D eigenvalue weighted by atomic mass is 10.3. The lowest BCUT2D eigenvalue weighted by Gasteiger charge is -1.99. The summed E-state index contributed by atoms with van der Waals surface area (Å²) >= 11 is 5.71.